The predicted molar refractivity (Wildman–Crippen MR) is 68.8 cm³/mol. The summed E-state index contributed by atoms with van der Waals surface area (Å²) in [6, 6.07) is 0. The summed E-state index contributed by atoms with van der Waals surface area (Å²) >= 11 is 0. The topological polar surface area (TPSA) is 83.5 Å². The number of aliphatic hydroxyl groups is 1. The van der Waals surface area contributed by atoms with Crippen LogP contribution in [-0.2, 0) is 15.9 Å². The molecule has 2 heterocycles. The minimum Gasteiger partial charge on any atom is -0.389 e. The number of nitrogens with one attached hydrogen (secondary N) is 1. The minimum atomic E-state index is -0.470. The van der Waals surface area contributed by atoms with E-state index in [0.29, 0.717) is 32.1 Å². The number of hydrogen-bond acceptors (Lipinski definition) is 6. The Hall–Kier alpha value is -1.02. The van der Waals surface area contributed by atoms with Gasteiger partial charge in [0.05, 0.1) is 19.3 Å². The van der Waals surface area contributed by atoms with Crippen molar-refractivity contribution in [2.45, 2.75) is 25.6 Å². The molecule has 1 saturated heterocycles. The standard InChI is InChI=1S/C12H22N4O3/c1-3-11-13-12(15-14-11)10-7-16(4-5-19-10)6-9(17)8-18-2/h9-10,17H,3-8H2,1-2H3,(H,13,14,15)/t9-,10+/m1/s1. The molecule has 1 aromatic heterocycles. The zero-order valence-electron chi connectivity index (χ0n) is 11.5. The molecule has 0 aromatic carbocycles. The molecule has 1 aromatic rings. The highest BCUT2D eigenvalue weighted by Gasteiger charge is 2.26. The summed E-state index contributed by atoms with van der Waals surface area (Å²) in [6.07, 6.45) is 0.234. The van der Waals surface area contributed by atoms with Crippen molar-refractivity contribution in [2.24, 2.45) is 0 Å². The third-order valence-electron chi connectivity index (χ3n) is 3.15. The van der Waals surface area contributed by atoms with E-state index >= 15 is 0 Å². The van der Waals surface area contributed by atoms with Gasteiger partial charge in [0, 0.05) is 33.2 Å². The van der Waals surface area contributed by atoms with Gasteiger partial charge in [-0.15, -0.1) is 0 Å². The van der Waals surface area contributed by atoms with Crippen LogP contribution in [0.15, 0.2) is 0 Å². The number of aromatic amines is 1. The predicted octanol–water partition coefficient (Wildman–Crippen LogP) is -0.252. The molecule has 1 aliphatic heterocycles. The van der Waals surface area contributed by atoms with Crippen LogP contribution in [0.1, 0.15) is 24.7 Å². The van der Waals surface area contributed by atoms with Gasteiger partial charge in [-0.3, -0.25) is 10.00 Å². The smallest absolute Gasteiger partial charge is 0.180 e. The quantitative estimate of drug-likeness (QED) is 0.741. The lowest BCUT2D eigenvalue weighted by Crippen LogP contribution is -2.43. The number of β-amino-alcohol motifs (C(OH)–C–C–N with tert-alkyl or cyclic N) is 1. The van der Waals surface area contributed by atoms with E-state index in [1.807, 2.05) is 6.92 Å². The lowest BCUT2D eigenvalue weighted by atomic mass is 10.2. The first-order valence-electron chi connectivity index (χ1n) is 6.65. The van der Waals surface area contributed by atoms with Crippen LogP contribution in [0.4, 0.5) is 0 Å². The second-order valence-electron chi connectivity index (χ2n) is 4.72. The number of aliphatic hydroxyl groups excluding tert-OH is 1. The van der Waals surface area contributed by atoms with Gasteiger partial charge in [-0.25, -0.2) is 4.98 Å². The summed E-state index contributed by atoms with van der Waals surface area (Å²) in [5, 5.41) is 16.8. The Labute approximate surface area is 112 Å². The fourth-order valence-electron chi connectivity index (χ4n) is 2.18. The highest BCUT2D eigenvalue weighted by molar-refractivity contribution is 4.96. The molecule has 108 valence electrons. The molecule has 0 amide bonds. The van der Waals surface area contributed by atoms with Crippen molar-refractivity contribution in [3.05, 3.63) is 11.6 Å². The van der Waals surface area contributed by atoms with Crippen LogP contribution in [0.2, 0.25) is 0 Å². The van der Waals surface area contributed by atoms with Gasteiger partial charge in [-0.05, 0) is 0 Å². The molecule has 0 spiro atoms. The lowest BCUT2D eigenvalue weighted by Gasteiger charge is -2.32. The minimum absolute atomic E-state index is 0.125. The molecule has 19 heavy (non-hydrogen) atoms. The van der Waals surface area contributed by atoms with Crippen molar-refractivity contribution >= 4 is 0 Å². The first-order chi connectivity index (χ1) is 9.22. The van der Waals surface area contributed by atoms with E-state index in [4.69, 9.17) is 9.47 Å². The summed E-state index contributed by atoms with van der Waals surface area (Å²) in [6.45, 7) is 5.09. The molecule has 0 radical (unpaired) electrons. The normalized spacial score (nSPS) is 22.6. The second-order valence-corrected chi connectivity index (χ2v) is 4.72. The van der Waals surface area contributed by atoms with Crippen molar-refractivity contribution in [3.63, 3.8) is 0 Å². The van der Waals surface area contributed by atoms with E-state index in [9.17, 15) is 5.11 Å². The summed E-state index contributed by atoms with van der Waals surface area (Å²) < 4.78 is 10.6. The molecule has 1 fully saturated rings. The molecular weight excluding hydrogens is 248 g/mol. The maximum atomic E-state index is 9.76. The van der Waals surface area contributed by atoms with Gasteiger partial charge in [0.15, 0.2) is 5.82 Å². The average Bonchev–Trinajstić information content (AvgIpc) is 2.88. The van der Waals surface area contributed by atoms with E-state index < -0.39 is 6.10 Å². The summed E-state index contributed by atoms with van der Waals surface area (Å²) in [5.41, 5.74) is 0. The van der Waals surface area contributed by atoms with Gasteiger partial charge in [-0.1, -0.05) is 6.92 Å². The Morgan fingerprint density at radius 1 is 1.63 bits per heavy atom. The molecular formula is C12H22N4O3. The van der Waals surface area contributed by atoms with Crippen molar-refractivity contribution in [3.8, 4) is 0 Å². The first-order valence-corrected chi connectivity index (χ1v) is 6.65. The van der Waals surface area contributed by atoms with Gasteiger partial charge in [0.1, 0.15) is 11.9 Å². The molecule has 0 saturated carbocycles. The van der Waals surface area contributed by atoms with E-state index in [0.717, 1.165) is 18.8 Å². The highest BCUT2D eigenvalue weighted by atomic mass is 16.5. The van der Waals surface area contributed by atoms with Crippen LogP contribution >= 0.6 is 0 Å². The van der Waals surface area contributed by atoms with Gasteiger partial charge in [0.25, 0.3) is 0 Å². The molecule has 0 unspecified atom stereocenters. The van der Waals surface area contributed by atoms with Crippen LogP contribution < -0.4 is 0 Å². The summed E-state index contributed by atoms with van der Waals surface area (Å²) in [7, 11) is 1.59. The number of aryl methyl sites for hydroxylation is 1. The Kier molecular flexibility index (Phi) is 5.26. The lowest BCUT2D eigenvalue weighted by molar-refractivity contribution is -0.0526. The van der Waals surface area contributed by atoms with Gasteiger partial charge in [-0.2, -0.15) is 5.10 Å². The number of H-pyrrole nitrogens is 1. The SMILES string of the molecule is CCc1nc([C@@H]2CN(C[C@@H](O)COC)CCO2)n[nH]1. The Morgan fingerprint density at radius 3 is 3.16 bits per heavy atom. The Balaban J connectivity index is 1.89. The van der Waals surface area contributed by atoms with Crippen molar-refractivity contribution < 1.29 is 14.6 Å². The van der Waals surface area contributed by atoms with Gasteiger partial charge in [0.2, 0.25) is 0 Å². The molecule has 0 aliphatic carbocycles. The number of rotatable bonds is 6. The van der Waals surface area contributed by atoms with E-state index in [-0.39, 0.29) is 6.10 Å². The average molecular weight is 270 g/mol. The third kappa shape index (κ3) is 3.97. The summed E-state index contributed by atoms with van der Waals surface area (Å²) in [4.78, 5) is 6.55. The molecule has 7 heteroatoms. The van der Waals surface area contributed by atoms with E-state index in [1.165, 1.54) is 0 Å². The van der Waals surface area contributed by atoms with E-state index in [1.54, 1.807) is 7.11 Å². The van der Waals surface area contributed by atoms with Crippen LogP contribution in [0.5, 0.6) is 0 Å². The monoisotopic (exact) mass is 270 g/mol. The van der Waals surface area contributed by atoms with Crippen molar-refractivity contribution in [2.75, 3.05) is 40.0 Å². The van der Waals surface area contributed by atoms with Crippen LogP contribution in [0.25, 0.3) is 0 Å². The van der Waals surface area contributed by atoms with Crippen LogP contribution in [0, 0.1) is 0 Å². The first kappa shape index (κ1) is 14.4. The number of aromatic nitrogens is 3. The second kappa shape index (κ2) is 6.95. The summed E-state index contributed by atoms with van der Waals surface area (Å²) in [5.74, 6) is 1.57. The largest absolute Gasteiger partial charge is 0.389 e. The van der Waals surface area contributed by atoms with Crippen LogP contribution in [0.3, 0.4) is 0 Å². The van der Waals surface area contributed by atoms with Gasteiger partial charge < -0.3 is 14.6 Å². The Morgan fingerprint density at radius 2 is 2.47 bits per heavy atom. The molecule has 2 rings (SSSR count). The molecule has 7 nitrogen and oxygen atoms in total. The van der Waals surface area contributed by atoms with Gasteiger partial charge >= 0.3 is 0 Å². The van der Waals surface area contributed by atoms with Crippen LogP contribution in [-0.4, -0.2) is 71.2 Å². The Bertz CT molecular complexity index is 385. The maximum absolute atomic E-state index is 9.76. The number of hydrogen-bond donors (Lipinski definition) is 2. The number of nitrogens with zero attached hydrogens (tertiary/aromatic N) is 3. The molecule has 1 aliphatic rings. The van der Waals surface area contributed by atoms with Crippen molar-refractivity contribution in [1.82, 2.24) is 20.1 Å². The fourth-order valence-corrected chi connectivity index (χ4v) is 2.18. The fraction of sp³-hybridized carbons (Fsp3) is 0.833. The number of methoxy groups -OCH3 is 1. The zero-order chi connectivity index (χ0) is 13.7. The molecule has 2 atom stereocenters. The maximum Gasteiger partial charge on any atom is 0.180 e. The third-order valence-corrected chi connectivity index (χ3v) is 3.15. The number of ether oxygens (including phenoxy) is 2. The molecule has 0 bridgehead atoms. The molecule has 2 N–H and O–H groups in total. The van der Waals surface area contributed by atoms with E-state index in [2.05, 4.69) is 20.1 Å². The van der Waals surface area contributed by atoms with Crippen molar-refractivity contribution in [1.29, 1.82) is 0 Å². The zero-order valence-corrected chi connectivity index (χ0v) is 11.5. The highest BCUT2D eigenvalue weighted by Crippen LogP contribution is 2.19. The number of morpholine rings is 1.